The summed E-state index contributed by atoms with van der Waals surface area (Å²) in [6, 6.07) is 8.09. The second-order valence-electron chi connectivity index (χ2n) is 3.07. The van der Waals surface area contributed by atoms with Gasteiger partial charge in [0.15, 0.2) is 0 Å². The van der Waals surface area contributed by atoms with Crippen molar-refractivity contribution < 1.29 is 5.11 Å². The first kappa shape index (κ1) is 10.5. The molecule has 13 heavy (non-hydrogen) atoms. The van der Waals surface area contributed by atoms with Crippen LogP contribution in [0.4, 0.5) is 0 Å². The van der Waals surface area contributed by atoms with E-state index >= 15 is 0 Å². The molecule has 0 aliphatic carbocycles. The molecule has 0 radical (unpaired) electrons. The average molecular weight is 241 g/mol. The molecule has 2 heteroatoms. The van der Waals surface area contributed by atoms with Gasteiger partial charge in [-0.2, -0.15) is 0 Å². The lowest BCUT2D eigenvalue weighted by Gasteiger charge is -2.05. The fourth-order valence-electron chi connectivity index (χ4n) is 1.06. The van der Waals surface area contributed by atoms with E-state index in [9.17, 15) is 0 Å². The van der Waals surface area contributed by atoms with Crippen LogP contribution in [0.25, 0.3) is 5.57 Å². The van der Waals surface area contributed by atoms with Gasteiger partial charge in [-0.3, -0.25) is 0 Å². The molecular weight excluding hydrogens is 228 g/mol. The van der Waals surface area contributed by atoms with Gasteiger partial charge in [0.2, 0.25) is 0 Å². The molecule has 0 aliphatic rings. The highest BCUT2D eigenvalue weighted by Crippen LogP contribution is 2.19. The quantitative estimate of drug-likeness (QED) is 0.842. The van der Waals surface area contributed by atoms with Crippen molar-refractivity contribution in [3.05, 3.63) is 39.9 Å². The minimum Gasteiger partial charge on any atom is -0.392 e. The van der Waals surface area contributed by atoms with Crippen LogP contribution in [0.5, 0.6) is 0 Å². The van der Waals surface area contributed by atoms with Crippen LogP contribution >= 0.6 is 15.9 Å². The van der Waals surface area contributed by atoms with Crippen molar-refractivity contribution in [1.82, 2.24) is 0 Å². The zero-order chi connectivity index (χ0) is 9.84. The van der Waals surface area contributed by atoms with Gasteiger partial charge in [-0.05, 0) is 42.7 Å². The Morgan fingerprint density at radius 1 is 1.23 bits per heavy atom. The molecule has 0 heterocycles. The predicted octanol–water partition coefficient (Wildman–Crippen LogP) is 3.23. The topological polar surface area (TPSA) is 20.2 Å². The molecule has 1 N–H and O–H groups in total. The van der Waals surface area contributed by atoms with E-state index in [0.29, 0.717) is 0 Å². The molecule has 1 rings (SSSR count). The Bertz CT molecular complexity index is 311. The lowest BCUT2D eigenvalue weighted by atomic mass is 10.0. The number of halogens is 1. The van der Waals surface area contributed by atoms with Gasteiger partial charge in [-0.25, -0.2) is 0 Å². The van der Waals surface area contributed by atoms with Crippen molar-refractivity contribution in [1.29, 1.82) is 0 Å². The van der Waals surface area contributed by atoms with Crippen LogP contribution in [0.3, 0.4) is 0 Å². The molecule has 0 saturated heterocycles. The zero-order valence-corrected chi connectivity index (χ0v) is 9.43. The van der Waals surface area contributed by atoms with Gasteiger partial charge in [0.25, 0.3) is 0 Å². The second kappa shape index (κ2) is 4.58. The molecule has 0 unspecified atom stereocenters. The first-order valence-corrected chi connectivity index (χ1v) is 4.97. The molecule has 0 aliphatic heterocycles. The summed E-state index contributed by atoms with van der Waals surface area (Å²) in [4.78, 5) is 0. The number of rotatable bonds is 2. The highest BCUT2D eigenvalue weighted by atomic mass is 79.9. The van der Waals surface area contributed by atoms with Crippen LogP contribution in [0.15, 0.2) is 34.3 Å². The third kappa shape index (κ3) is 2.68. The largest absolute Gasteiger partial charge is 0.392 e. The SMILES string of the molecule is C/C(CO)=C(\C)c1ccc(Br)cc1. The summed E-state index contributed by atoms with van der Waals surface area (Å²) in [6.07, 6.45) is 0. The Balaban J connectivity index is 3.02. The maximum Gasteiger partial charge on any atom is 0.0644 e. The maximum absolute atomic E-state index is 8.95. The summed E-state index contributed by atoms with van der Waals surface area (Å²) in [5.41, 5.74) is 3.33. The third-order valence-electron chi connectivity index (χ3n) is 2.15. The summed E-state index contributed by atoms with van der Waals surface area (Å²) in [7, 11) is 0. The molecule has 0 saturated carbocycles. The molecule has 0 fully saturated rings. The fraction of sp³-hybridized carbons (Fsp3) is 0.273. The summed E-state index contributed by atoms with van der Waals surface area (Å²) in [5, 5.41) is 8.95. The standard InChI is InChI=1S/C11H13BrO/c1-8(7-13)9(2)10-3-5-11(12)6-4-10/h3-6,13H,7H2,1-2H3/b9-8-. The first-order valence-electron chi connectivity index (χ1n) is 4.18. The van der Waals surface area contributed by atoms with Crippen molar-refractivity contribution in [2.75, 3.05) is 6.61 Å². The Morgan fingerprint density at radius 3 is 2.23 bits per heavy atom. The van der Waals surface area contributed by atoms with Crippen LogP contribution in [-0.4, -0.2) is 11.7 Å². The Morgan fingerprint density at radius 2 is 1.77 bits per heavy atom. The van der Waals surface area contributed by atoms with Crippen molar-refractivity contribution >= 4 is 21.5 Å². The van der Waals surface area contributed by atoms with Crippen molar-refractivity contribution in [3.63, 3.8) is 0 Å². The fourth-order valence-corrected chi connectivity index (χ4v) is 1.33. The Kier molecular flexibility index (Phi) is 3.70. The first-order chi connectivity index (χ1) is 6.15. The van der Waals surface area contributed by atoms with Crippen LogP contribution in [0.1, 0.15) is 19.4 Å². The Hall–Kier alpha value is -0.600. The molecule has 0 spiro atoms. The van der Waals surface area contributed by atoms with Crippen LogP contribution in [0.2, 0.25) is 0 Å². The van der Waals surface area contributed by atoms with Gasteiger partial charge in [-0.1, -0.05) is 28.1 Å². The van der Waals surface area contributed by atoms with Crippen LogP contribution < -0.4 is 0 Å². The van der Waals surface area contributed by atoms with Gasteiger partial charge in [-0.15, -0.1) is 0 Å². The molecule has 0 atom stereocenters. The third-order valence-corrected chi connectivity index (χ3v) is 2.68. The highest BCUT2D eigenvalue weighted by Gasteiger charge is 1.98. The monoisotopic (exact) mass is 240 g/mol. The van der Waals surface area contributed by atoms with Crippen LogP contribution in [-0.2, 0) is 0 Å². The molecule has 1 aromatic rings. The number of hydrogen-bond acceptors (Lipinski definition) is 1. The van der Waals surface area contributed by atoms with Gasteiger partial charge < -0.3 is 5.11 Å². The minimum atomic E-state index is 0.127. The zero-order valence-electron chi connectivity index (χ0n) is 7.84. The smallest absolute Gasteiger partial charge is 0.0644 e. The number of benzene rings is 1. The molecule has 0 aromatic heterocycles. The molecule has 70 valence electrons. The van der Waals surface area contributed by atoms with Crippen molar-refractivity contribution in [2.24, 2.45) is 0 Å². The van der Waals surface area contributed by atoms with Gasteiger partial charge in [0.1, 0.15) is 0 Å². The predicted molar refractivity (Wildman–Crippen MR) is 59.5 cm³/mol. The van der Waals surface area contributed by atoms with E-state index in [2.05, 4.69) is 15.9 Å². The summed E-state index contributed by atoms with van der Waals surface area (Å²) < 4.78 is 1.07. The lowest BCUT2D eigenvalue weighted by molar-refractivity contribution is 0.332. The molecule has 1 aromatic carbocycles. The minimum absolute atomic E-state index is 0.127. The molecular formula is C11H13BrO. The van der Waals surface area contributed by atoms with E-state index in [4.69, 9.17) is 5.11 Å². The van der Waals surface area contributed by atoms with Gasteiger partial charge in [0, 0.05) is 4.47 Å². The van der Waals surface area contributed by atoms with Gasteiger partial charge in [0.05, 0.1) is 6.61 Å². The van der Waals surface area contributed by atoms with E-state index in [1.807, 2.05) is 38.1 Å². The highest BCUT2D eigenvalue weighted by molar-refractivity contribution is 9.10. The molecule has 0 bridgehead atoms. The van der Waals surface area contributed by atoms with Gasteiger partial charge >= 0.3 is 0 Å². The normalized spacial score (nSPS) is 12.6. The van der Waals surface area contributed by atoms with E-state index in [1.54, 1.807) is 0 Å². The maximum atomic E-state index is 8.95. The van der Waals surface area contributed by atoms with Crippen molar-refractivity contribution in [3.8, 4) is 0 Å². The summed E-state index contributed by atoms with van der Waals surface area (Å²) in [6.45, 7) is 4.09. The number of allylic oxidation sites excluding steroid dienone is 1. The summed E-state index contributed by atoms with van der Waals surface area (Å²) in [5.74, 6) is 0. The molecule has 1 nitrogen and oxygen atoms in total. The van der Waals surface area contributed by atoms with E-state index in [1.165, 1.54) is 0 Å². The second-order valence-corrected chi connectivity index (χ2v) is 3.99. The Labute approximate surface area is 87.2 Å². The van der Waals surface area contributed by atoms with Crippen LogP contribution in [0, 0.1) is 0 Å². The average Bonchev–Trinajstić information content (AvgIpc) is 2.17. The number of aliphatic hydroxyl groups is 1. The van der Waals surface area contributed by atoms with Crippen molar-refractivity contribution in [2.45, 2.75) is 13.8 Å². The van der Waals surface area contributed by atoms with E-state index in [-0.39, 0.29) is 6.61 Å². The summed E-state index contributed by atoms with van der Waals surface area (Å²) >= 11 is 3.38. The lowest BCUT2D eigenvalue weighted by Crippen LogP contribution is -1.89. The van der Waals surface area contributed by atoms with E-state index < -0.39 is 0 Å². The molecule has 0 amide bonds. The van der Waals surface area contributed by atoms with E-state index in [0.717, 1.165) is 21.2 Å². The number of hydrogen-bond donors (Lipinski definition) is 1. The number of aliphatic hydroxyl groups excluding tert-OH is 1.